The first-order chi connectivity index (χ1) is 20.2. The number of likely N-dealkylation sites (N-methyl/N-ethyl adjacent to an activating group) is 1. The maximum absolute atomic E-state index is 14.5. The van der Waals surface area contributed by atoms with Crippen molar-refractivity contribution < 1.29 is 19.4 Å². The Morgan fingerprint density at radius 3 is 2.43 bits per heavy atom. The highest BCUT2D eigenvalue weighted by Gasteiger charge is 2.34. The molecule has 0 saturated carbocycles. The largest absolute Gasteiger partial charge is 0.394 e. The minimum Gasteiger partial charge on any atom is -0.394 e. The van der Waals surface area contributed by atoms with Crippen LogP contribution < -0.4 is 0 Å². The van der Waals surface area contributed by atoms with Crippen LogP contribution in [-0.2, 0) is 23.2 Å². The Hall–Kier alpha value is -3.94. The Morgan fingerprint density at radius 2 is 1.69 bits per heavy atom. The van der Waals surface area contributed by atoms with Crippen LogP contribution in [-0.4, -0.2) is 70.2 Å². The molecule has 0 bridgehead atoms. The molecule has 0 spiro atoms. The zero-order valence-corrected chi connectivity index (χ0v) is 25.2. The lowest BCUT2D eigenvalue weighted by Gasteiger charge is -2.35. The van der Waals surface area contributed by atoms with E-state index >= 15 is 0 Å². The number of aromatic nitrogens is 1. The van der Waals surface area contributed by atoms with Crippen molar-refractivity contribution in [2.24, 2.45) is 13.0 Å². The Bertz CT molecular complexity index is 1560. The van der Waals surface area contributed by atoms with Crippen LogP contribution in [0.3, 0.4) is 0 Å². The number of benzene rings is 3. The number of nitrogens with zero attached hydrogens (tertiary/aromatic N) is 3. The molecule has 0 unspecified atom stereocenters. The number of carbonyl (C=O) groups is 2. The van der Waals surface area contributed by atoms with E-state index in [1.165, 1.54) is 0 Å². The molecule has 1 aromatic heterocycles. The lowest BCUT2D eigenvalue weighted by atomic mass is 9.96. The van der Waals surface area contributed by atoms with E-state index in [4.69, 9.17) is 4.74 Å². The fraction of sp³-hybridized carbons (Fsp3) is 0.371. The van der Waals surface area contributed by atoms with Gasteiger partial charge in [0.05, 0.1) is 31.3 Å². The van der Waals surface area contributed by atoms with Crippen LogP contribution in [0.4, 0.5) is 0 Å². The van der Waals surface area contributed by atoms with Gasteiger partial charge in [0.1, 0.15) is 5.69 Å². The molecule has 4 aromatic rings. The highest BCUT2D eigenvalue weighted by molar-refractivity contribution is 6.10. The quantitative estimate of drug-likeness (QED) is 0.336. The van der Waals surface area contributed by atoms with E-state index < -0.39 is 6.04 Å². The predicted octanol–water partition coefficient (Wildman–Crippen LogP) is 5.47. The van der Waals surface area contributed by atoms with Gasteiger partial charge in [0, 0.05) is 49.6 Å². The summed E-state index contributed by atoms with van der Waals surface area (Å²) >= 11 is 0. The minimum atomic E-state index is -0.403. The van der Waals surface area contributed by atoms with Crippen LogP contribution in [0.15, 0.2) is 78.9 Å². The van der Waals surface area contributed by atoms with E-state index in [0.717, 1.165) is 33.2 Å². The Morgan fingerprint density at radius 1 is 1.02 bits per heavy atom. The van der Waals surface area contributed by atoms with Gasteiger partial charge in [0.15, 0.2) is 0 Å². The Labute approximate surface area is 248 Å². The van der Waals surface area contributed by atoms with Gasteiger partial charge in [-0.25, -0.2) is 0 Å². The van der Waals surface area contributed by atoms with Gasteiger partial charge in [-0.1, -0.05) is 79.7 Å². The van der Waals surface area contributed by atoms with E-state index in [1.54, 1.807) is 9.80 Å². The van der Waals surface area contributed by atoms with Crippen molar-refractivity contribution in [2.45, 2.75) is 45.4 Å². The van der Waals surface area contributed by atoms with Crippen molar-refractivity contribution in [2.75, 3.05) is 26.7 Å². The molecule has 42 heavy (non-hydrogen) atoms. The maximum atomic E-state index is 14.5. The number of aryl methyl sites for hydroxylation is 1. The van der Waals surface area contributed by atoms with Crippen molar-refractivity contribution in [1.82, 2.24) is 14.4 Å². The molecule has 0 radical (unpaired) electrons. The number of fused-ring (bicyclic) bond motifs is 5. The van der Waals surface area contributed by atoms with Crippen LogP contribution in [0, 0.1) is 5.92 Å². The average molecular weight is 568 g/mol. The molecule has 7 heteroatoms. The van der Waals surface area contributed by atoms with Gasteiger partial charge in [-0.05, 0) is 36.6 Å². The third-order valence-electron chi connectivity index (χ3n) is 8.73. The SMILES string of the molecule is C[C@H](C(=O)N(C)C[C@@H]1OCc2ccccc2-c2c(n(C)c3ccccc23)C(=O)N([C@@H](C)CO)C[C@@H]1C)c1ccccc1. The van der Waals surface area contributed by atoms with Gasteiger partial charge in [0.2, 0.25) is 5.91 Å². The number of hydrogen-bond acceptors (Lipinski definition) is 4. The van der Waals surface area contributed by atoms with Crippen molar-refractivity contribution in [3.05, 3.63) is 95.7 Å². The van der Waals surface area contributed by atoms with Crippen LogP contribution in [0.2, 0.25) is 0 Å². The molecule has 7 nitrogen and oxygen atoms in total. The summed E-state index contributed by atoms with van der Waals surface area (Å²) in [5, 5.41) is 11.2. The smallest absolute Gasteiger partial charge is 0.271 e. The summed E-state index contributed by atoms with van der Waals surface area (Å²) < 4.78 is 8.62. The zero-order chi connectivity index (χ0) is 30.0. The minimum absolute atomic E-state index is 0.0160. The number of aliphatic hydroxyl groups is 1. The third-order valence-corrected chi connectivity index (χ3v) is 8.73. The van der Waals surface area contributed by atoms with Crippen LogP contribution in [0.25, 0.3) is 22.0 Å². The standard InChI is InChI=1S/C35H41N3O4/c1-23-19-38(24(2)21-39)35(41)33-32(29-17-11-12-18-30(29)37(33)5)28-16-10-9-15-27(28)22-42-31(23)20-36(4)34(40)25(3)26-13-7-6-8-14-26/h6-18,23-25,31,39H,19-22H2,1-5H3/t23-,24-,25-,31-/m0/s1. The molecular formula is C35H41N3O4. The topological polar surface area (TPSA) is 75.0 Å². The summed E-state index contributed by atoms with van der Waals surface area (Å²) in [5.74, 6) is -0.518. The molecule has 220 valence electrons. The Kier molecular flexibility index (Phi) is 8.80. The summed E-state index contributed by atoms with van der Waals surface area (Å²) in [7, 11) is 3.75. The van der Waals surface area contributed by atoms with E-state index in [9.17, 15) is 14.7 Å². The van der Waals surface area contributed by atoms with Crippen molar-refractivity contribution >= 4 is 22.7 Å². The zero-order valence-electron chi connectivity index (χ0n) is 25.2. The van der Waals surface area contributed by atoms with E-state index in [2.05, 4.69) is 13.0 Å². The summed E-state index contributed by atoms with van der Waals surface area (Å²) in [6.45, 7) is 6.79. The van der Waals surface area contributed by atoms with Gasteiger partial charge in [-0.15, -0.1) is 0 Å². The first-order valence-electron chi connectivity index (χ1n) is 14.7. The molecule has 2 amide bonds. The van der Waals surface area contributed by atoms with Crippen LogP contribution >= 0.6 is 0 Å². The average Bonchev–Trinajstić information content (AvgIpc) is 3.31. The molecule has 1 aliphatic heterocycles. The van der Waals surface area contributed by atoms with E-state index in [0.29, 0.717) is 25.4 Å². The van der Waals surface area contributed by atoms with Gasteiger partial charge in [-0.3, -0.25) is 9.59 Å². The molecule has 3 aromatic carbocycles. The maximum Gasteiger partial charge on any atom is 0.271 e. The number of para-hydroxylation sites is 1. The number of carbonyl (C=O) groups excluding carboxylic acids is 2. The molecule has 0 saturated heterocycles. The van der Waals surface area contributed by atoms with E-state index in [-0.39, 0.29) is 36.4 Å². The molecule has 5 rings (SSSR count). The third kappa shape index (κ3) is 5.59. The molecule has 1 N–H and O–H groups in total. The lowest BCUT2D eigenvalue weighted by molar-refractivity contribution is -0.134. The monoisotopic (exact) mass is 567 g/mol. The predicted molar refractivity (Wildman–Crippen MR) is 166 cm³/mol. The Balaban J connectivity index is 1.55. The van der Waals surface area contributed by atoms with Crippen molar-refractivity contribution in [3.8, 4) is 11.1 Å². The van der Waals surface area contributed by atoms with Crippen molar-refractivity contribution in [1.29, 1.82) is 0 Å². The number of amides is 2. The summed E-state index contributed by atoms with van der Waals surface area (Å²) in [6.07, 6.45) is -0.339. The summed E-state index contributed by atoms with van der Waals surface area (Å²) in [6, 6.07) is 25.5. The van der Waals surface area contributed by atoms with Gasteiger partial charge in [-0.2, -0.15) is 0 Å². The van der Waals surface area contributed by atoms with E-state index in [1.807, 2.05) is 105 Å². The summed E-state index contributed by atoms with van der Waals surface area (Å²) in [5.41, 5.74) is 5.35. The van der Waals surface area contributed by atoms with Gasteiger partial charge < -0.3 is 24.2 Å². The molecule has 4 atom stereocenters. The number of aliphatic hydroxyl groups excluding tert-OH is 1. The second kappa shape index (κ2) is 12.5. The number of ether oxygens (including phenoxy) is 1. The number of hydrogen-bond donors (Lipinski definition) is 1. The first kappa shape index (κ1) is 29.5. The molecule has 0 fully saturated rings. The highest BCUT2D eigenvalue weighted by Crippen LogP contribution is 2.38. The molecule has 1 aliphatic rings. The number of rotatable bonds is 6. The van der Waals surface area contributed by atoms with Crippen LogP contribution in [0.5, 0.6) is 0 Å². The second-order valence-corrected chi connectivity index (χ2v) is 11.6. The van der Waals surface area contributed by atoms with Crippen molar-refractivity contribution in [3.63, 3.8) is 0 Å². The van der Waals surface area contributed by atoms with Crippen LogP contribution in [0.1, 0.15) is 48.3 Å². The van der Waals surface area contributed by atoms with Gasteiger partial charge >= 0.3 is 0 Å². The first-order valence-corrected chi connectivity index (χ1v) is 14.7. The molecule has 0 aliphatic carbocycles. The fourth-order valence-electron chi connectivity index (χ4n) is 6.10. The second-order valence-electron chi connectivity index (χ2n) is 11.6. The molecule has 2 heterocycles. The molecular weight excluding hydrogens is 526 g/mol. The highest BCUT2D eigenvalue weighted by atomic mass is 16.5. The normalized spacial score (nSPS) is 19.0. The van der Waals surface area contributed by atoms with Gasteiger partial charge in [0.25, 0.3) is 5.91 Å². The lowest BCUT2D eigenvalue weighted by Crippen LogP contribution is -2.48. The summed E-state index contributed by atoms with van der Waals surface area (Å²) in [4.78, 5) is 31.5. The fourth-order valence-corrected chi connectivity index (χ4v) is 6.10.